The summed E-state index contributed by atoms with van der Waals surface area (Å²) in [5.41, 5.74) is 1.73. The Morgan fingerprint density at radius 1 is 1.12 bits per heavy atom. The highest BCUT2D eigenvalue weighted by Gasteiger charge is 2.09. The molecule has 3 aromatic rings. The van der Waals surface area contributed by atoms with Crippen molar-refractivity contribution in [1.29, 1.82) is 0 Å². The molecule has 0 fully saturated rings. The van der Waals surface area contributed by atoms with Crippen LogP contribution < -0.4 is 14.8 Å². The van der Waals surface area contributed by atoms with Gasteiger partial charge in [-0.15, -0.1) is 11.3 Å². The Hall–Kier alpha value is -2.86. The number of hydrogen-bond donors (Lipinski definition) is 1. The van der Waals surface area contributed by atoms with Gasteiger partial charge in [-0.2, -0.15) is 0 Å². The number of nitrogens with one attached hydrogen (secondary N) is 1. The predicted octanol–water partition coefficient (Wildman–Crippen LogP) is 3.84. The van der Waals surface area contributed by atoms with Crippen molar-refractivity contribution in [3.05, 3.63) is 60.0 Å². The molecule has 0 saturated heterocycles. The fourth-order valence-corrected chi connectivity index (χ4v) is 2.80. The number of ether oxygens (including phenoxy) is 2. The van der Waals surface area contributed by atoms with Gasteiger partial charge in [0.15, 0.2) is 11.7 Å². The topological polar surface area (TPSA) is 60.5 Å². The van der Waals surface area contributed by atoms with Crippen LogP contribution in [0.5, 0.6) is 11.5 Å². The normalized spacial score (nSPS) is 10.2. The third kappa shape index (κ3) is 4.11. The van der Waals surface area contributed by atoms with Gasteiger partial charge in [0.1, 0.15) is 11.5 Å². The molecule has 0 aliphatic heterocycles. The number of carbonyl (C=O) groups is 1. The lowest BCUT2D eigenvalue weighted by atomic mass is 10.2. The molecule has 0 unspecified atom stereocenters. The van der Waals surface area contributed by atoms with E-state index in [1.54, 1.807) is 19.2 Å². The van der Waals surface area contributed by atoms with Gasteiger partial charge in [0.05, 0.1) is 12.8 Å². The Labute approximate surface area is 143 Å². The standard InChI is InChI=1S/C18H16N2O3S/c1-22-15-9-5-6-13(10-15)16-12-24-18(19-16)20-17(21)11-23-14-7-3-2-4-8-14/h2-10,12H,11H2,1H3,(H,19,20,21). The highest BCUT2D eigenvalue weighted by Crippen LogP contribution is 2.27. The van der Waals surface area contributed by atoms with E-state index < -0.39 is 0 Å². The summed E-state index contributed by atoms with van der Waals surface area (Å²) in [5, 5.41) is 5.17. The number of amides is 1. The Balaban J connectivity index is 1.60. The molecule has 1 N–H and O–H groups in total. The minimum absolute atomic E-state index is 0.0575. The van der Waals surface area contributed by atoms with Gasteiger partial charge in [-0.05, 0) is 24.3 Å². The van der Waals surface area contributed by atoms with Gasteiger partial charge in [0.2, 0.25) is 0 Å². The van der Waals surface area contributed by atoms with Crippen LogP contribution in [0.2, 0.25) is 0 Å². The molecule has 1 heterocycles. The maximum Gasteiger partial charge on any atom is 0.264 e. The molecule has 0 saturated carbocycles. The molecule has 0 radical (unpaired) electrons. The van der Waals surface area contributed by atoms with Crippen LogP contribution in [0.25, 0.3) is 11.3 Å². The first-order valence-corrected chi connectivity index (χ1v) is 8.20. The predicted molar refractivity (Wildman–Crippen MR) is 94.7 cm³/mol. The van der Waals surface area contributed by atoms with Gasteiger partial charge in [-0.25, -0.2) is 4.98 Å². The first kappa shape index (κ1) is 16.0. The SMILES string of the molecule is COc1cccc(-c2csc(NC(=O)COc3ccccc3)n2)c1. The zero-order chi connectivity index (χ0) is 16.8. The molecule has 122 valence electrons. The monoisotopic (exact) mass is 340 g/mol. The minimum atomic E-state index is -0.245. The zero-order valence-corrected chi connectivity index (χ0v) is 13.9. The molecule has 0 bridgehead atoms. The number of anilines is 1. The van der Waals surface area contributed by atoms with Crippen LogP contribution in [0.4, 0.5) is 5.13 Å². The molecular weight excluding hydrogens is 324 g/mol. The average Bonchev–Trinajstić information content (AvgIpc) is 3.09. The molecule has 5 nitrogen and oxygen atoms in total. The van der Waals surface area contributed by atoms with Crippen LogP contribution in [0.3, 0.4) is 0 Å². The molecule has 0 atom stereocenters. The van der Waals surface area contributed by atoms with E-state index in [0.29, 0.717) is 10.9 Å². The number of benzene rings is 2. The molecule has 0 spiro atoms. The second kappa shape index (κ2) is 7.61. The molecule has 0 aliphatic carbocycles. The van der Waals surface area contributed by atoms with E-state index in [4.69, 9.17) is 9.47 Å². The molecule has 3 rings (SSSR count). The van der Waals surface area contributed by atoms with E-state index in [1.807, 2.05) is 47.8 Å². The summed E-state index contributed by atoms with van der Waals surface area (Å²) in [7, 11) is 1.62. The highest BCUT2D eigenvalue weighted by molar-refractivity contribution is 7.14. The summed E-state index contributed by atoms with van der Waals surface area (Å²) in [5.74, 6) is 1.18. The van der Waals surface area contributed by atoms with Crippen LogP contribution in [0.15, 0.2) is 60.0 Å². The number of para-hydroxylation sites is 1. The van der Waals surface area contributed by atoms with Crippen molar-refractivity contribution in [1.82, 2.24) is 4.98 Å². The Kier molecular flexibility index (Phi) is 5.08. The third-order valence-corrected chi connectivity index (χ3v) is 3.99. The highest BCUT2D eigenvalue weighted by atomic mass is 32.1. The summed E-state index contributed by atoms with van der Waals surface area (Å²) in [6.07, 6.45) is 0. The van der Waals surface area contributed by atoms with E-state index >= 15 is 0 Å². The molecule has 1 amide bonds. The van der Waals surface area contributed by atoms with E-state index in [2.05, 4.69) is 10.3 Å². The summed E-state index contributed by atoms with van der Waals surface area (Å²) >= 11 is 1.37. The van der Waals surface area contributed by atoms with Gasteiger partial charge >= 0.3 is 0 Å². The van der Waals surface area contributed by atoms with Crippen molar-refractivity contribution in [3.8, 4) is 22.8 Å². The van der Waals surface area contributed by atoms with Gasteiger partial charge in [-0.3, -0.25) is 10.1 Å². The van der Waals surface area contributed by atoms with Crippen molar-refractivity contribution in [2.75, 3.05) is 19.0 Å². The van der Waals surface area contributed by atoms with Crippen LogP contribution >= 0.6 is 11.3 Å². The average molecular weight is 340 g/mol. The van der Waals surface area contributed by atoms with E-state index in [1.165, 1.54) is 11.3 Å². The van der Waals surface area contributed by atoms with Crippen molar-refractivity contribution in [2.45, 2.75) is 0 Å². The summed E-state index contributed by atoms with van der Waals surface area (Å²) < 4.78 is 10.6. The number of nitrogens with zero attached hydrogens (tertiary/aromatic N) is 1. The van der Waals surface area contributed by atoms with Gasteiger partial charge in [-0.1, -0.05) is 30.3 Å². The number of methoxy groups -OCH3 is 1. The van der Waals surface area contributed by atoms with Crippen molar-refractivity contribution in [2.24, 2.45) is 0 Å². The van der Waals surface area contributed by atoms with Crippen molar-refractivity contribution < 1.29 is 14.3 Å². The zero-order valence-electron chi connectivity index (χ0n) is 13.1. The maximum atomic E-state index is 11.9. The first-order valence-electron chi connectivity index (χ1n) is 7.32. The molecule has 6 heteroatoms. The lowest BCUT2D eigenvalue weighted by Crippen LogP contribution is -2.19. The number of hydrogen-bond acceptors (Lipinski definition) is 5. The maximum absolute atomic E-state index is 11.9. The van der Waals surface area contributed by atoms with Gasteiger partial charge in [0.25, 0.3) is 5.91 Å². The quantitative estimate of drug-likeness (QED) is 0.741. The minimum Gasteiger partial charge on any atom is -0.497 e. The summed E-state index contributed by atoms with van der Waals surface area (Å²) in [6.45, 7) is -0.0575. The smallest absolute Gasteiger partial charge is 0.264 e. The van der Waals surface area contributed by atoms with Crippen LogP contribution in [-0.2, 0) is 4.79 Å². The molecule has 1 aromatic heterocycles. The second-order valence-corrected chi connectivity index (χ2v) is 5.78. The van der Waals surface area contributed by atoms with E-state index in [9.17, 15) is 4.79 Å². The fourth-order valence-electron chi connectivity index (χ4n) is 2.07. The Bertz CT molecular complexity index is 818. The van der Waals surface area contributed by atoms with E-state index in [-0.39, 0.29) is 12.5 Å². The number of carbonyl (C=O) groups excluding carboxylic acids is 1. The lowest BCUT2D eigenvalue weighted by molar-refractivity contribution is -0.118. The molecule has 0 aliphatic rings. The van der Waals surface area contributed by atoms with Gasteiger partial charge in [0, 0.05) is 10.9 Å². The van der Waals surface area contributed by atoms with Crippen molar-refractivity contribution in [3.63, 3.8) is 0 Å². The number of rotatable bonds is 6. The Morgan fingerprint density at radius 3 is 2.71 bits per heavy atom. The fraction of sp³-hybridized carbons (Fsp3) is 0.111. The van der Waals surface area contributed by atoms with Gasteiger partial charge < -0.3 is 9.47 Å². The van der Waals surface area contributed by atoms with Crippen LogP contribution in [0.1, 0.15) is 0 Å². The van der Waals surface area contributed by atoms with Crippen LogP contribution in [-0.4, -0.2) is 24.6 Å². The van der Waals surface area contributed by atoms with Crippen molar-refractivity contribution >= 4 is 22.4 Å². The summed E-state index contributed by atoms with van der Waals surface area (Å²) in [6, 6.07) is 16.8. The first-order chi connectivity index (χ1) is 11.7. The van der Waals surface area contributed by atoms with Crippen LogP contribution in [0, 0.1) is 0 Å². The molecule has 2 aromatic carbocycles. The molecule has 24 heavy (non-hydrogen) atoms. The summed E-state index contributed by atoms with van der Waals surface area (Å²) in [4.78, 5) is 16.4. The number of thiazole rings is 1. The molecular formula is C18H16N2O3S. The third-order valence-electron chi connectivity index (χ3n) is 3.23. The Morgan fingerprint density at radius 2 is 1.92 bits per heavy atom. The number of aromatic nitrogens is 1. The largest absolute Gasteiger partial charge is 0.497 e. The lowest BCUT2D eigenvalue weighted by Gasteiger charge is -2.05. The van der Waals surface area contributed by atoms with E-state index in [0.717, 1.165) is 17.0 Å². The second-order valence-electron chi connectivity index (χ2n) is 4.92.